The number of anilines is 2. The standard InChI is InChI=1S/C20H25ClN6O/c21-18-23-19(22-15-5-2-1-3-6-15)25-20(24-18)26-10-13-9-14(12-26)16-7-4-8-17(28)27(16)11-13/h4,7-8,13-15H,1-3,5-6,9-12H2,(H,22,23,24,25)/t13-,14+/m0/s1. The molecule has 0 spiro atoms. The zero-order chi connectivity index (χ0) is 19.1. The molecule has 0 unspecified atom stereocenters. The zero-order valence-electron chi connectivity index (χ0n) is 15.9. The lowest BCUT2D eigenvalue weighted by Crippen LogP contribution is -2.47. The first kappa shape index (κ1) is 17.9. The minimum atomic E-state index is 0.0998. The molecule has 5 rings (SSSR count). The lowest BCUT2D eigenvalue weighted by Gasteiger charge is -2.42. The molecule has 1 saturated carbocycles. The molecule has 2 atom stereocenters. The normalized spacial score (nSPS) is 24.7. The van der Waals surface area contributed by atoms with E-state index in [2.05, 4.69) is 26.3 Å². The quantitative estimate of drug-likeness (QED) is 0.853. The highest BCUT2D eigenvalue weighted by Crippen LogP contribution is 2.36. The van der Waals surface area contributed by atoms with Crippen LogP contribution in [0, 0.1) is 5.92 Å². The Morgan fingerprint density at radius 1 is 1.04 bits per heavy atom. The molecule has 4 heterocycles. The number of pyridine rings is 1. The van der Waals surface area contributed by atoms with Crippen LogP contribution >= 0.6 is 11.6 Å². The van der Waals surface area contributed by atoms with Crippen molar-refractivity contribution in [1.29, 1.82) is 0 Å². The zero-order valence-corrected chi connectivity index (χ0v) is 16.6. The fraction of sp³-hybridized carbons (Fsp3) is 0.600. The van der Waals surface area contributed by atoms with Crippen LogP contribution in [0.3, 0.4) is 0 Å². The minimum Gasteiger partial charge on any atom is -0.351 e. The van der Waals surface area contributed by atoms with E-state index < -0.39 is 0 Å². The maximum Gasteiger partial charge on any atom is 0.250 e. The molecule has 2 aromatic rings. The highest BCUT2D eigenvalue weighted by atomic mass is 35.5. The molecule has 2 bridgehead atoms. The van der Waals surface area contributed by atoms with Gasteiger partial charge in [0.25, 0.3) is 5.56 Å². The molecular weight excluding hydrogens is 376 g/mol. The van der Waals surface area contributed by atoms with Crippen molar-refractivity contribution in [3.05, 3.63) is 39.5 Å². The van der Waals surface area contributed by atoms with Gasteiger partial charge in [-0.05, 0) is 42.8 Å². The molecule has 1 saturated heterocycles. The van der Waals surface area contributed by atoms with Crippen molar-refractivity contribution in [1.82, 2.24) is 19.5 Å². The van der Waals surface area contributed by atoms with Gasteiger partial charge in [-0.25, -0.2) is 0 Å². The van der Waals surface area contributed by atoms with Crippen LogP contribution in [-0.2, 0) is 6.54 Å². The molecule has 2 fully saturated rings. The van der Waals surface area contributed by atoms with Crippen molar-refractivity contribution >= 4 is 23.5 Å². The van der Waals surface area contributed by atoms with Crippen LogP contribution < -0.4 is 15.8 Å². The summed E-state index contributed by atoms with van der Waals surface area (Å²) in [6.07, 6.45) is 7.21. The van der Waals surface area contributed by atoms with Gasteiger partial charge in [-0.15, -0.1) is 0 Å². The molecule has 7 nitrogen and oxygen atoms in total. The number of fused-ring (bicyclic) bond motifs is 4. The van der Waals surface area contributed by atoms with E-state index in [0.717, 1.165) is 44.6 Å². The van der Waals surface area contributed by atoms with E-state index in [0.29, 0.717) is 29.8 Å². The number of nitrogens with zero attached hydrogens (tertiary/aromatic N) is 5. The summed E-state index contributed by atoms with van der Waals surface area (Å²) in [5.74, 6) is 1.94. The van der Waals surface area contributed by atoms with E-state index in [1.54, 1.807) is 6.07 Å². The van der Waals surface area contributed by atoms with Gasteiger partial charge in [0.1, 0.15) is 0 Å². The Kier molecular flexibility index (Phi) is 4.70. The third-order valence-electron chi connectivity index (χ3n) is 6.30. The topological polar surface area (TPSA) is 75.9 Å². The van der Waals surface area contributed by atoms with Crippen LogP contribution in [0.5, 0.6) is 0 Å². The highest BCUT2D eigenvalue weighted by molar-refractivity contribution is 6.28. The Morgan fingerprint density at radius 3 is 2.75 bits per heavy atom. The molecule has 0 aromatic carbocycles. The SMILES string of the molecule is O=c1cccc2n1C[C@H]1C[C@@H]2CN(c2nc(Cl)nc(NC3CCCCC3)n2)C1. The molecule has 28 heavy (non-hydrogen) atoms. The van der Waals surface area contributed by atoms with Crippen molar-refractivity contribution in [3.63, 3.8) is 0 Å². The molecule has 8 heteroatoms. The Bertz CT molecular complexity index is 925. The monoisotopic (exact) mass is 400 g/mol. The lowest BCUT2D eigenvalue weighted by atomic mass is 9.83. The highest BCUT2D eigenvalue weighted by Gasteiger charge is 2.35. The van der Waals surface area contributed by atoms with Crippen molar-refractivity contribution in [2.24, 2.45) is 5.92 Å². The summed E-state index contributed by atoms with van der Waals surface area (Å²) >= 11 is 6.24. The Hall–Kier alpha value is -2.15. The molecule has 0 radical (unpaired) electrons. The summed E-state index contributed by atoms with van der Waals surface area (Å²) in [4.78, 5) is 27.8. The number of nitrogens with one attached hydrogen (secondary N) is 1. The maximum absolute atomic E-state index is 12.2. The Balaban J connectivity index is 1.39. The molecule has 3 aliphatic rings. The minimum absolute atomic E-state index is 0.0998. The van der Waals surface area contributed by atoms with Gasteiger partial charge in [-0.2, -0.15) is 15.0 Å². The van der Waals surface area contributed by atoms with E-state index in [1.807, 2.05) is 10.6 Å². The first-order valence-electron chi connectivity index (χ1n) is 10.3. The summed E-state index contributed by atoms with van der Waals surface area (Å²) in [6.45, 7) is 2.39. The van der Waals surface area contributed by atoms with E-state index in [1.165, 1.54) is 19.3 Å². The lowest BCUT2D eigenvalue weighted by molar-refractivity contribution is 0.279. The smallest absolute Gasteiger partial charge is 0.250 e. The molecule has 1 N–H and O–H groups in total. The van der Waals surface area contributed by atoms with Gasteiger partial charge in [0.05, 0.1) is 0 Å². The first-order chi connectivity index (χ1) is 13.7. The second-order valence-electron chi connectivity index (χ2n) is 8.31. The second-order valence-corrected chi connectivity index (χ2v) is 8.65. The van der Waals surface area contributed by atoms with Crippen molar-refractivity contribution in [3.8, 4) is 0 Å². The summed E-state index contributed by atoms with van der Waals surface area (Å²) in [6, 6.07) is 6.00. The number of rotatable bonds is 3. The predicted molar refractivity (Wildman–Crippen MR) is 109 cm³/mol. The van der Waals surface area contributed by atoms with Gasteiger partial charge >= 0.3 is 0 Å². The van der Waals surface area contributed by atoms with E-state index in [9.17, 15) is 4.79 Å². The van der Waals surface area contributed by atoms with E-state index in [-0.39, 0.29) is 10.8 Å². The fourth-order valence-corrected chi connectivity index (χ4v) is 5.19. The van der Waals surface area contributed by atoms with Crippen LogP contribution in [0.15, 0.2) is 23.0 Å². The molecule has 2 aromatic heterocycles. The number of hydrogen-bond acceptors (Lipinski definition) is 6. The molecular formula is C20H25ClN6O. The van der Waals surface area contributed by atoms with Gasteiger partial charge in [0.2, 0.25) is 17.2 Å². The van der Waals surface area contributed by atoms with Crippen molar-refractivity contribution in [2.45, 2.75) is 57.0 Å². The predicted octanol–water partition coefficient (Wildman–Crippen LogP) is 3.06. The largest absolute Gasteiger partial charge is 0.351 e. The van der Waals surface area contributed by atoms with Crippen LogP contribution in [-0.4, -0.2) is 38.7 Å². The van der Waals surface area contributed by atoms with Crippen molar-refractivity contribution < 1.29 is 0 Å². The summed E-state index contributed by atoms with van der Waals surface area (Å²) in [5.41, 5.74) is 1.22. The van der Waals surface area contributed by atoms with Gasteiger partial charge < -0.3 is 14.8 Å². The third-order valence-corrected chi connectivity index (χ3v) is 6.47. The van der Waals surface area contributed by atoms with Crippen LogP contribution in [0.4, 0.5) is 11.9 Å². The van der Waals surface area contributed by atoms with Crippen LogP contribution in [0.25, 0.3) is 0 Å². The van der Waals surface area contributed by atoms with Crippen LogP contribution in [0.2, 0.25) is 5.28 Å². The average molecular weight is 401 g/mol. The third kappa shape index (κ3) is 3.48. The molecule has 0 amide bonds. The van der Waals surface area contributed by atoms with E-state index >= 15 is 0 Å². The van der Waals surface area contributed by atoms with Crippen molar-refractivity contribution in [2.75, 3.05) is 23.3 Å². The van der Waals surface area contributed by atoms with Gasteiger partial charge in [0, 0.05) is 43.4 Å². The van der Waals surface area contributed by atoms with E-state index in [4.69, 9.17) is 16.6 Å². The maximum atomic E-state index is 12.2. The average Bonchev–Trinajstić information content (AvgIpc) is 2.69. The Labute approximate surface area is 169 Å². The molecule has 148 valence electrons. The number of aromatic nitrogens is 4. The molecule has 1 aliphatic carbocycles. The first-order valence-corrected chi connectivity index (χ1v) is 10.7. The second kappa shape index (κ2) is 7.35. The summed E-state index contributed by atoms with van der Waals surface area (Å²) < 4.78 is 1.94. The molecule has 2 aliphatic heterocycles. The summed E-state index contributed by atoms with van der Waals surface area (Å²) in [7, 11) is 0. The number of hydrogen-bond donors (Lipinski definition) is 1. The summed E-state index contributed by atoms with van der Waals surface area (Å²) in [5, 5.41) is 3.69. The number of piperidine rings is 1. The van der Waals surface area contributed by atoms with Gasteiger partial charge in [0.15, 0.2) is 0 Å². The Morgan fingerprint density at radius 2 is 1.89 bits per heavy atom. The fourth-order valence-electron chi connectivity index (χ4n) is 5.03. The van der Waals surface area contributed by atoms with Gasteiger partial charge in [-0.1, -0.05) is 25.3 Å². The van der Waals surface area contributed by atoms with Crippen LogP contribution in [0.1, 0.15) is 50.1 Å². The number of halogens is 1. The van der Waals surface area contributed by atoms with Gasteiger partial charge in [-0.3, -0.25) is 4.79 Å².